The van der Waals surface area contributed by atoms with Gasteiger partial charge >= 0.3 is 10.1 Å². The van der Waals surface area contributed by atoms with Crippen LogP contribution in [0.3, 0.4) is 0 Å². The molecule has 0 aliphatic carbocycles. The summed E-state index contributed by atoms with van der Waals surface area (Å²) in [5, 5.41) is 5.40. The Hall–Kier alpha value is -1.28. The van der Waals surface area contributed by atoms with E-state index < -0.39 is 21.7 Å². The minimum atomic E-state index is -4.66. The van der Waals surface area contributed by atoms with Crippen molar-refractivity contribution in [2.45, 2.75) is 13.3 Å². The van der Waals surface area contributed by atoms with Crippen LogP contribution in [-0.4, -0.2) is 28.3 Å². The van der Waals surface area contributed by atoms with Crippen molar-refractivity contribution >= 4 is 15.2 Å². The minimum absolute atomic E-state index is 0.139. The Morgan fingerprint density at radius 2 is 2.15 bits per heavy atom. The van der Waals surface area contributed by atoms with Gasteiger partial charge in [-0.2, -0.15) is 8.42 Å². The van der Waals surface area contributed by atoms with E-state index >= 15 is 0 Å². The molecule has 0 unspecified atom stereocenters. The smallest absolute Gasteiger partial charge is 0.329 e. The van der Waals surface area contributed by atoms with Crippen LogP contribution in [0.25, 0.3) is 0 Å². The average Bonchev–Trinajstić information content (AvgIpc) is 2.33. The van der Waals surface area contributed by atoms with Crippen LogP contribution >= 0.6 is 0 Å². The van der Waals surface area contributed by atoms with Crippen molar-refractivity contribution in [2.75, 3.05) is 0 Å². The Balaban J connectivity index is 2.77. The fourth-order valence-corrected chi connectivity index (χ4v) is 0.929. The number of carbonyl (C=O) groups is 1. The standard InChI is InChI=1S/C5H6N2O5S/c1-3-6-7-4(12-3)2-5(8)13(9,10)11/h2H2,1H3,(H,9,10,11). The second-order valence-corrected chi connectivity index (χ2v) is 3.64. The summed E-state index contributed by atoms with van der Waals surface area (Å²) in [4.78, 5) is 10.7. The van der Waals surface area contributed by atoms with Crippen LogP contribution in [-0.2, 0) is 21.3 Å². The second-order valence-electron chi connectivity index (χ2n) is 2.24. The highest BCUT2D eigenvalue weighted by Crippen LogP contribution is 2.01. The van der Waals surface area contributed by atoms with Crippen LogP contribution in [0.2, 0.25) is 0 Å². The normalized spacial score (nSPS) is 11.5. The third-order valence-corrected chi connectivity index (χ3v) is 1.87. The topological polar surface area (TPSA) is 110 Å². The molecular formula is C5H6N2O5S. The van der Waals surface area contributed by atoms with E-state index in [1.54, 1.807) is 0 Å². The van der Waals surface area contributed by atoms with E-state index in [0.29, 0.717) is 0 Å². The molecule has 0 aliphatic heterocycles. The summed E-state index contributed by atoms with van der Waals surface area (Å²) in [6.07, 6.45) is -0.611. The molecule has 0 atom stereocenters. The fraction of sp³-hybridized carbons (Fsp3) is 0.400. The van der Waals surface area contributed by atoms with Crippen molar-refractivity contribution in [1.29, 1.82) is 0 Å². The zero-order valence-electron chi connectivity index (χ0n) is 6.59. The molecule has 13 heavy (non-hydrogen) atoms. The van der Waals surface area contributed by atoms with Crippen LogP contribution in [0.5, 0.6) is 0 Å². The SMILES string of the molecule is Cc1nnc(CC(=O)S(=O)(=O)O)o1. The third kappa shape index (κ3) is 2.60. The minimum Gasteiger partial charge on any atom is -0.425 e. The predicted octanol–water partition coefficient (Wildman–Crippen LogP) is -0.665. The van der Waals surface area contributed by atoms with E-state index in [1.807, 2.05) is 0 Å². The first-order chi connectivity index (χ1) is 5.89. The van der Waals surface area contributed by atoms with E-state index in [-0.39, 0.29) is 11.8 Å². The summed E-state index contributed by atoms with van der Waals surface area (Å²) < 4.78 is 33.5. The molecule has 0 saturated heterocycles. The van der Waals surface area contributed by atoms with Crippen molar-refractivity contribution in [3.05, 3.63) is 11.8 Å². The largest absolute Gasteiger partial charge is 0.425 e. The molecule has 0 fully saturated rings. The van der Waals surface area contributed by atoms with E-state index in [1.165, 1.54) is 6.92 Å². The van der Waals surface area contributed by atoms with E-state index in [4.69, 9.17) is 8.97 Å². The molecule has 1 heterocycles. The molecule has 1 aromatic heterocycles. The number of rotatable bonds is 2. The Labute approximate surface area is 73.5 Å². The number of hydrogen-bond donors (Lipinski definition) is 1. The number of nitrogens with zero attached hydrogens (tertiary/aromatic N) is 2. The monoisotopic (exact) mass is 206 g/mol. The molecule has 0 spiro atoms. The quantitative estimate of drug-likeness (QED) is 0.639. The van der Waals surface area contributed by atoms with Gasteiger partial charge in [0.1, 0.15) is 6.42 Å². The van der Waals surface area contributed by atoms with Crippen molar-refractivity contribution < 1.29 is 22.2 Å². The van der Waals surface area contributed by atoms with Gasteiger partial charge in [-0.05, 0) is 0 Å². The molecule has 1 N–H and O–H groups in total. The molecule has 7 nitrogen and oxygen atoms in total. The first-order valence-corrected chi connectivity index (χ1v) is 4.63. The molecule has 0 bridgehead atoms. The lowest BCUT2D eigenvalue weighted by Crippen LogP contribution is -2.15. The third-order valence-electron chi connectivity index (χ3n) is 1.15. The van der Waals surface area contributed by atoms with Gasteiger partial charge in [-0.1, -0.05) is 0 Å². The maximum absolute atomic E-state index is 10.7. The summed E-state index contributed by atoms with van der Waals surface area (Å²) in [5.74, 6) is 0.0817. The first-order valence-electron chi connectivity index (χ1n) is 3.19. The number of aromatic nitrogens is 2. The van der Waals surface area contributed by atoms with Gasteiger partial charge in [-0.15, -0.1) is 10.2 Å². The lowest BCUT2D eigenvalue weighted by atomic mass is 10.5. The van der Waals surface area contributed by atoms with Gasteiger partial charge in [-0.3, -0.25) is 9.35 Å². The molecule has 0 radical (unpaired) electrons. The van der Waals surface area contributed by atoms with Crippen LogP contribution in [0.4, 0.5) is 0 Å². The average molecular weight is 206 g/mol. The summed E-state index contributed by atoms with van der Waals surface area (Å²) in [6.45, 7) is 1.49. The summed E-state index contributed by atoms with van der Waals surface area (Å²) in [7, 11) is -4.66. The number of carbonyl (C=O) groups excluding carboxylic acids is 1. The lowest BCUT2D eigenvalue weighted by Gasteiger charge is -1.90. The fourth-order valence-electron chi connectivity index (χ4n) is 0.624. The summed E-state index contributed by atoms with van der Waals surface area (Å²) in [5.41, 5.74) is 0. The van der Waals surface area contributed by atoms with Crippen molar-refractivity contribution in [1.82, 2.24) is 10.2 Å². The molecular weight excluding hydrogens is 200 g/mol. The lowest BCUT2D eigenvalue weighted by molar-refractivity contribution is -0.112. The van der Waals surface area contributed by atoms with Gasteiger partial charge < -0.3 is 4.42 Å². The van der Waals surface area contributed by atoms with Crippen LogP contribution in [0.1, 0.15) is 11.8 Å². The molecule has 0 aliphatic rings. The predicted molar refractivity (Wildman–Crippen MR) is 39.3 cm³/mol. The van der Waals surface area contributed by atoms with Crippen LogP contribution in [0, 0.1) is 6.92 Å². The number of hydrogen-bond acceptors (Lipinski definition) is 6. The van der Waals surface area contributed by atoms with Gasteiger partial charge in [0, 0.05) is 6.92 Å². The highest BCUT2D eigenvalue weighted by atomic mass is 32.2. The maximum atomic E-state index is 10.7. The Morgan fingerprint density at radius 3 is 2.54 bits per heavy atom. The van der Waals surface area contributed by atoms with Gasteiger partial charge in [0.15, 0.2) is 0 Å². The van der Waals surface area contributed by atoms with E-state index in [2.05, 4.69) is 10.2 Å². The molecule has 72 valence electrons. The molecule has 0 saturated carbocycles. The Kier molecular flexibility index (Phi) is 2.43. The highest BCUT2D eigenvalue weighted by Gasteiger charge is 2.21. The van der Waals surface area contributed by atoms with Gasteiger partial charge in [0.25, 0.3) is 5.12 Å². The number of aryl methyl sites for hydroxylation is 1. The van der Waals surface area contributed by atoms with Crippen molar-refractivity contribution in [3.63, 3.8) is 0 Å². The molecule has 1 rings (SSSR count). The van der Waals surface area contributed by atoms with Gasteiger partial charge in [-0.25, -0.2) is 0 Å². The van der Waals surface area contributed by atoms with Crippen LogP contribution < -0.4 is 0 Å². The Morgan fingerprint density at radius 1 is 1.54 bits per heavy atom. The summed E-state index contributed by atoms with van der Waals surface area (Å²) in [6, 6.07) is 0. The highest BCUT2D eigenvalue weighted by molar-refractivity contribution is 8.01. The van der Waals surface area contributed by atoms with E-state index in [0.717, 1.165) is 0 Å². The van der Waals surface area contributed by atoms with E-state index in [9.17, 15) is 13.2 Å². The van der Waals surface area contributed by atoms with Gasteiger partial charge in [0.2, 0.25) is 11.8 Å². The molecule has 8 heteroatoms. The first kappa shape index (κ1) is 9.81. The second kappa shape index (κ2) is 3.23. The zero-order valence-corrected chi connectivity index (χ0v) is 7.41. The summed E-state index contributed by atoms with van der Waals surface area (Å²) >= 11 is 0. The van der Waals surface area contributed by atoms with Crippen LogP contribution in [0.15, 0.2) is 4.42 Å². The Bertz CT molecular complexity index is 420. The van der Waals surface area contributed by atoms with Crippen molar-refractivity contribution in [3.8, 4) is 0 Å². The zero-order chi connectivity index (χ0) is 10.1. The van der Waals surface area contributed by atoms with Crippen molar-refractivity contribution in [2.24, 2.45) is 0 Å². The van der Waals surface area contributed by atoms with Gasteiger partial charge in [0.05, 0.1) is 0 Å². The maximum Gasteiger partial charge on any atom is 0.329 e. The molecule has 0 amide bonds. The molecule has 1 aromatic rings. The molecule has 0 aromatic carbocycles.